The molecular formula is C24H40. The zero-order valence-electron chi connectivity index (χ0n) is 16.1. The summed E-state index contributed by atoms with van der Waals surface area (Å²) in [6, 6.07) is 0. The number of rotatable bonds is 5. The van der Waals surface area contributed by atoms with E-state index in [0.29, 0.717) is 5.41 Å². The lowest BCUT2D eigenvalue weighted by Crippen LogP contribution is -2.41. The van der Waals surface area contributed by atoms with Gasteiger partial charge < -0.3 is 0 Å². The molecule has 0 heteroatoms. The van der Waals surface area contributed by atoms with Crippen molar-refractivity contribution in [3.05, 3.63) is 12.7 Å². The summed E-state index contributed by atoms with van der Waals surface area (Å²) in [6.07, 6.45) is 23.3. The number of fused-ring (bicyclic) bond motifs is 3. The van der Waals surface area contributed by atoms with Crippen molar-refractivity contribution in [3.63, 3.8) is 0 Å². The second kappa shape index (κ2) is 7.16. The summed E-state index contributed by atoms with van der Waals surface area (Å²) in [5, 5.41) is 0. The molecule has 4 saturated carbocycles. The van der Waals surface area contributed by atoms with Gasteiger partial charge in [0.2, 0.25) is 0 Å². The van der Waals surface area contributed by atoms with Gasteiger partial charge in [0.05, 0.1) is 0 Å². The first-order chi connectivity index (χ1) is 11.8. The first-order valence-corrected chi connectivity index (χ1v) is 11.4. The highest BCUT2D eigenvalue weighted by Gasteiger charge is 2.58. The quantitative estimate of drug-likeness (QED) is 0.461. The molecule has 0 nitrogen and oxygen atoms in total. The van der Waals surface area contributed by atoms with Gasteiger partial charge >= 0.3 is 0 Å². The molecule has 136 valence electrons. The maximum Gasteiger partial charge on any atom is -0.0261 e. The summed E-state index contributed by atoms with van der Waals surface area (Å²) in [4.78, 5) is 0. The molecule has 0 bridgehead atoms. The van der Waals surface area contributed by atoms with Crippen molar-refractivity contribution in [1.82, 2.24) is 0 Å². The third kappa shape index (κ3) is 2.80. The molecule has 4 rings (SSSR count). The number of hydrogen-bond donors (Lipinski definition) is 0. The molecule has 4 aliphatic carbocycles. The van der Waals surface area contributed by atoms with Gasteiger partial charge in [-0.15, -0.1) is 6.58 Å². The van der Waals surface area contributed by atoms with Crippen LogP contribution in [0.2, 0.25) is 0 Å². The summed E-state index contributed by atoms with van der Waals surface area (Å²) < 4.78 is 0. The maximum atomic E-state index is 4.08. The lowest BCUT2D eigenvalue weighted by atomic mass is 9.57. The van der Waals surface area contributed by atoms with Crippen molar-refractivity contribution < 1.29 is 0 Å². The van der Waals surface area contributed by atoms with Crippen LogP contribution in [0.5, 0.6) is 0 Å². The first-order valence-electron chi connectivity index (χ1n) is 11.4. The van der Waals surface area contributed by atoms with Gasteiger partial charge in [0.15, 0.2) is 0 Å². The second-order valence-electron chi connectivity index (χ2n) is 10.1. The summed E-state index contributed by atoms with van der Waals surface area (Å²) in [5.74, 6) is 6.46. The van der Waals surface area contributed by atoms with Gasteiger partial charge in [-0.3, -0.25) is 0 Å². The highest BCUT2D eigenvalue weighted by atomic mass is 14.6. The minimum atomic E-state index is 0.613. The van der Waals surface area contributed by atoms with Gasteiger partial charge in [0.25, 0.3) is 0 Å². The lowest BCUT2D eigenvalue weighted by molar-refractivity contribution is 0.00803. The summed E-state index contributed by atoms with van der Waals surface area (Å²) in [6.45, 7) is 6.83. The molecule has 0 heterocycles. The van der Waals surface area contributed by atoms with Gasteiger partial charge in [0, 0.05) is 0 Å². The van der Waals surface area contributed by atoms with Crippen molar-refractivity contribution in [2.45, 2.75) is 96.8 Å². The third-order valence-corrected chi connectivity index (χ3v) is 9.16. The fraction of sp³-hybridized carbons (Fsp3) is 0.917. The van der Waals surface area contributed by atoms with Gasteiger partial charge in [-0.05, 0) is 92.3 Å². The van der Waals surface area contributed by atoms with Crippen LogP contribution in [0.1, 0.15) is 96.8 Å². The van der Waals surface area contributed by atoms with E-state index in [2.05, 4.69) is 19.6 Å². The van der Waals surface area contributed by atoms with Gasteiger partial charge in [-0.2, -0.15) is 0 Å². The predicted molar refractivity (Wildman–Crippen MR) is 104 cm³/mol. The van der Waals surface area contributed by atoms with Crippen LogP contribution in [0.4, 0.5) is 0 Å². The van der Waals surface area contributed by atoms with Crippen LogP contribution in [-0.4, -0.2) is 0 Å². The average molecular weight is 329 g/mol. The van der Waals surface area contributed by atoms with E-state index in [1.165, 1.54) is 64.2 Å². The number of allylic oxidation sites excluding steroid dienone is 1. The highest BCUT2D eigenvalue weighted by Crippen LogP contribution is 2.65. The summed E-state index contributed by atoms with van der Waals surface area (Å²) in [7, 11) is 0. The molecule has 24 heavy (non-hydrogen) atoms. The van der Waals surface area contributed by atoms with Crippen molar-refractivity contribution >= 4 is 0 Å². The average Bonchev–Trinajstić information content (AvgIpc) is 3.26. The molecule has 0 saturated heterocycles. The Hall–Kier alpha value is -0.260. The van der Waals surface area contributed by atoms with E-state index < -0.39 is 0 Å². The molecule has 5 atom stereocenters. The minimum absolute atomic E-state index is 0.613. The van der Waals surface area contributed by atoms with E-state index in [9.17, 15) is 0 Å². The van der Waals surface area contributed by atoms with Gasteiger partial charge in [0.1, 0.15) is 0 Å². The Balaban J connectivity index is 1.67. The van der Waals surface area contributed by atoms with Gasteiger partial charge in [-0.25, -0.2) is 0 Å². The molecule has 0 aliphatic heterocycles. The molecule has 0 aromatic carbocycles. The van der Waals surface area contributed by atoms with Crippen molar-refractivity contribution in [1.29, 1.82) is 0 Å². The standard InChI is InChI=1S/C24H40/c1-3-4-17-24(2,18-11-5-6-12-18)23-21-15-9-7-13-19(21)20-14-8-10-16-22(20)23/h3,18-23H,1,4-17H2,2H3/t19?,20?,21?,22?,23?,24-/m0/s1. The predicted octanol–water partition coefficient (Wildman–Crippen LogP) is 7.39. The Morgan fingerprint density at radius 3 is 1.71 bits per heavy atom. The van der Waals surface area contributed by atoms with Gasteiger partial charge in [-0.1, -0.05) is 51.5 Å². The topological polar surface area (TPSA) is 0 Å². The molecule has 0 spiro atoms. The second-order valence-corrected chi connectivity index (χ2v) is 10.1. The fourth-order valence-corrected chi connectivity index (χ4v) is 8.27. The Kier molecular flexibility index (Phi) is 5.12. The van der Waals surface area contributed by atoms with E-state index in [-0.39, 0.29) is 0 Å². The summed E-state index contributed by atoms with van der Waals surface area (Å²) >= 11 is 0. The number of hydrogen-bond acceptors (Lipinski definition) is 0. The summed E-state index contributed by atoms with van der Waals surface area (Å²) in [5.41, 5.74) is 0.613. The smallest absolute Gasteiger partial charge is 0.0261 e. The Labute approximate surface area is 150 Å². The van der Waals surface area contributed by atoms with Crippen LogP contribution in [0.3, 0.4) is 0 Å². The minimum Gasteiger partial charge on any atom is -0.103 e. The molecule has 0 amide bonds. The van der Waals surface area contributed by atoms with E-state index in [1.54, 1.807) is 25.7 Å². The van der Waals surface area contributed by atoms with Crippen LogP contribution in [0, 0.1) is 40.9 Å². The maximum absolute atomic E-state index is 4.08. The Morgan fingerprint density at radius 1 is 0.750 bits per heavy atom. The Morgan fingerprint density at radius 2 is 1.21 bits per heavy atom. The highest BCUT2D eigenvalue weighted by molar-refractivity contribution is 5.07. The van der Waals surface area contributed by atoms with E-state index in [4.69, 9.17) is 0 Å². The van der Waals surface area contributed by atoms with Crippen molar-refractivity contribution in [3.8, 4) is 0 Å². The van der Waals surface area contributed by atoms with E-state index in [0.717, 1.165) is 35.5 Å². The molecule has 4 aliphatic rings. The normalized spacial score (nSPS) is 42.3. The van der Waals surface area contributed by atoms with Crippen molar-refractivity contribution in [2.75, 3.05) is 0 Å². The van der Waals surface area contributed by atoms with Crippen LogP contribution < -0.4 is 0 Å². The molecule has 4 fully saturated rings. The molecule has 0 aromatic rings. The molecule has 0 aromatic heterocycles. The van der Waals surface area contributed by atoms with Crippen LogP contribution >= 0.6 is 0 Å². The Bertz CT molecular complexity index is 409. The van der Waals surface area contributed by atoms with Crippen LogP contribution in [0.15, 0.2) is 12.7 Å². The van der Waals surface area contributed by atoms with Crippen LogP contribution in [-0.2, 0) is 0 Å². The lowest BCUT2D eigenvalue weighted by Gasteiger charge is -2.48. The monoisotopic (exact) mass is 328 g/mol. The largest absolute Gasteiger partial charge is 0.103 e. The van der Waals surface area contributed by atoms with E-state index >= 15 is 0 Å². The fourth-order valence-electron chi connectivity index (χ4n) is 8.27. The van der Waals surface area contributed by atoms with Crippen LogP contribution in [0.25, 0.3) is 0 Å². The SMILES string of the molecule is C=CCC[C@@](C)(C1CCCC1)C1C2CCCCC2C2CCCCC21. The zero-order valence-corrected chi connectivity index (χ0v) is 16.1. The zero-order chi connectivity index (χ0) is 16.6. The third-order valence-electron chi connectivity index (χ3n) is 9.16. The first kappa shape index (κ1) is 17.2. The molecular weight excluding hydrogens is 288 g/mol. The van der Waals surface area contributed by atoms with E-state index in [1.807, 2.05) is 0 Å². The molecule has 4 unspecified atom stereocenters. The molecule has 0 N–H and O–H groups in total. The molecule has 0 radical (unpaired) electrons. The van der Waals surface area contributed by atoms with Crippen molar-refractivity contribution in [2.24, 2.45) is 40.9 Å².